The molecule has 2 rings (SSSR count). The van der Waals surface area contributed by atoms with E-state index >= 15 is 0 Å². The lowest BCUT2D eigenvalue weighted by atomic mass is 10.0. The number of carbonyl (C=O) groups is 2. The second-order valence-corrected chi connectivity index (χ2v) is 7.55. The fraction of sp³-hybridized carbons (Fsp3) is 0.421. The highest BCUT2D eigenvalue weighted by atomic mass is 35.5. The van der Waals surface area contributed by atoms with Gasteiger partial charge in [-0.1, -0.05) is 36.2 Å². The summed E-state index contributed by atoms with van der Waals surface area (Å²) in [7, 11) is 4.15. The first-order valence-electron chi connectivity index (χ1n) is 9.25. The smallest absolute Gasteiger partial charge is 0.358 e. The third-order valence-electron chi connectivity index (χ3n) is 4.53. The minimum atomic E-state index is -0.673. The van der Waals surface area contributed by atoms with Gasteiger partial charge < -0.3 is 29.1 Å². The number of aromatic amines is 1. The molecule has 2 aromatic rings. The molecule has 170 valence electrons. The van der Waals surface area contributed by atoms with Gasteiger partial charge in [-0.3, -0.25) is 5.32 Å². The number of urea groups is 1. The van der Waals surface area contributed by atoms with Crippen molar-refractivity contribution in [1.82, 2.24) is 14.9 Å². The molecule has 12 heteroatoms. The number of H-pyrrole nitrogens is 1. The van der Waals surface area contributed by atoms with E-state index in [1.165, 1.54) is 21.3 Å². The van der Waals surface area contributed by atoms with E-state index in [1.54, 1.807) is 22.8 Å². The van der Waals surface area contributed by atoms with Gasteiger partial charge >= 0.3 is 12.0 Å². The molecule has 0 saturated heterocycles. The van der Waals surface area contributed by atoms with Crippen LogP contribution in [0.25, 0.3) is 0 Å². The Bertz CT molecular complexity index is 990. The zero-order valence-electron chi connectivity index (χ0n) is 17.5. The molecule has 0 bridgehead atoms. The summed E-state index contributed by atoms with van der Waals surface area (Å²) in [5, 5.41) is 5.97. The zero-order valence-corrected chi connectivity index (χ0v) is 19.8. The average molecular weight is 491 g/mol. The van der Waals surface area contributed by atoms with E-state index in [4.69, 9.17) is 49.6 Å². The number of hydrogen-bond acceptors (Lipinski definition) is 6. The van der Waals surface area contributed by atoms with Crippen LogP contribution in [0, 0.1) is 4.77 Å². The molecule has 31 heavy (non-hydrogen) atoms. The summed E-state index contributed by atoms with van der Waals surface area (Å²) in [6, 6.07) is 4.23. The van der Waals surface area contributed by atoms with Crippen molar-refractivity contribution >= 4 is 53.2 Å². The fourth-order valence-corrected chi connectivity index (χ4v) is 3.64. The van der Waals surface area contributed by atoms with Gasteiger partial charge in [-0.2, -0.15) is 0 Å². The van der Waals surface area contributed by atoms with Crippen molar-refractivity contribution in [3.05, 3.63) is 44.3 Å². The topological polar surface area (TPSA) is 107 Å². The second-order valence-electron chi connectivity index (χ2n) is 6.35. The van der Waals surface area contributed by atoms with Gasteiger partial charge in [0, 0.05) is 14.2 Å². The van der Waals surface area contributed by atoms with E-state index in [9.17, 15) is 9.59 Å². The summed E-state index contributed by atoms with van der Waals surface area (Å²) < 4.78 is 16.8. The normalized spacial score (nSPS) is 12.0. The first-order valence-corrected chi connectivity index (χ1v) is 10.4. The molecule has 3 N–H and O–H groups in total. The number of aromatic nitrogens is 2. The lowest BCUT2D eigenvalue weighted by Crippen LogP contribution is -2.37. The molecule has 1 aromatic carbocycles. The van der Waals surface area contributed by atoms with E-state index in [-0.39, 0.29) is 28.9 Å². The minimum absolute atomic E-state index is 0.0654. The Kier molecular flexibility index (Phi) is 9.32. The van der Waals surface area contributed by atoms with Crippen LogP contribution in [-0.4, -0.2) is 55.7 Å². The number of esters is 1. The Hall–Kier alpha value is -2.11. The Morgan fingerprint density at radius 2 is 1.87 bits per heavy atom. The molecule has 0 aliphatic carbocycles. The molecular formula is C19H24Cl2N4O5S. The number of nitrogens with zero attached hydrogens (tertiary/aromatic N) is 1. The van der Waals surface area contributed by atoms with Crippen LogP contribution in [0.3, 0.4) is 0 Å². The van der Waals surface area contributed by atoms with Crippen LogP contribution in [0.15, 0.2) is 18.2 Å². The lowest BCUT2D eigenvalue weighted by Gasteiger charge is -2.20. The fourth-order valence-electron chi connectivity index (χ4n) is 3.02. The number of amides is 2. The van der Waals surface area contributed by atoms with Gasteiger partial charge in [0.15, 0.2) is 16.8 Å². The predicted molar refractivity (Wildman–Crippen MR) is 121 cm³/mol. The van der Waals surface area contributed by atoms with Crippen molar-refractivity contribution in [1.29, 1.82) is 0 Å². The Labute approximate surface area is 195 Å². The molecule has 0 aliphatic rings. The maximum atomic E-state index is 12.6. The molecule has 0 radical (unpaired) electrons. The molecule has 0 spiro atoms. The molecule has 1 atom stereocenters. The van der Waals surface area contributed by atoms with Crippen LogP contribution in [0.1, 0.15) is 35.4 Å². The van der Waals surface area contributed by atoms with Crippen molar-refractivity contribution < 1.29 is 23.8 Å². The molecule has 0 fully saturated rings. The third kappa shape index (κ3) is 5.98. The molecule has 9 nitrogen and oxygen atoms in total. The van der Waals surface area contributed by atoms with Crippen molar-refractivity contribution in [2.75, 3.05) is 33.2 Å². The SMILES string of the molecule is CCC(c1ccc(Cl)c(Cl)c1)n1c(C(=O)OC)c(NC(=O)NCC(OC)OC)[nH]c1=S. The number of hydrogen-bond donors (Lipinski definition) is 3. The zero-order chi connectivity index (χ0) is 23.1. The number of ether oxygens (including phenoxy) is 3. The van der Waals surface area contributed by atoms with Gasteiger partial charge in [0.05, 0.1) is 29.7 Å². The summed E-state index contributed by atoms with van der Waals surface area (Å²) in [4.78, 5) is 27.8. The number of nitrogens with one attached hydrogen (secondary N) is 3. The molecular weight excluding hydrogens is 467 g/mol. The van der Waals surface area contributed by atoms with Crippen molar-refractivity contribution in [3.63, 3.8) is 0 Å². The number of benzene rings is 1. The van der Waals surface area contributed by atoms with E-state index in [0.717, 1.165) is 5.56 Å². The number of halogens is 2. The second kappa shape index (κ2) is 11.5. The highest BCUT2D eigenvalue weighted by molar-refractivity contribution is 7.71. The standard InChI is InChI=1S/C19H24Cl2N4O5S/c1-5-13(10-6-7-11(20)12(21)8-10)25-15(17(26)30-4)16(24-19(25)31)23-18(27)22-9-14(28-2)29-3/h6-8,13-14H,5,9H2,1-4H3,(H,24,31)(H2,22,23,27). The predicted octanol–water partition coefficient (Wildman–Crippen LogP) is 4.38. The van der Waals surface area contributed by atoms with E-state index in [0.29, 0.717) is 16.5 Å². The molecule has 1 unspecified atom stereocenters. The van der Waals surface area contributed by atoms with E-state index in [1.807, 2.05) is 6.92 Å². The average Bonchev–Trinajstić information content (AvgIpc) is 3.06. The first-order chi connectivity index (χ1) is 14.8. The summed E-state index contributed by atoms with van der Waals surface area (Å²) in [6.45, 7) is 2.02. The minimum Gasteiger partial charge on any atom is -0.464 e. The van der Waals surface area contributed by atoms with Crippen molar-refractivity contribution in [2.45, 2.75) is 25.7 Å². The van der Waals surface area contributed by atoms with Crippen LogP contribution in [0.5, 0.6) is 0 Å². The van der Waals surface area contributed by atoms with Gasteiger partial charge in [0.2, 0.25) is 0 Å². The van der Waals surface area contributed by atoms with E-state index in [2.05, 4.69) is 15.6 Å². The summed E-state index contributed by atoms with van der Waals surface area (Å²) >= 11 is 17.7. The summed E-state index contributed by atoms with van der Waals surface area (Å²) in [5.41, 5.74) is 0.854. The highest BCUT2D eigenvalue weighted by Gasteiger charge is 2.27. The third-order valence-corrected chi connectivity index (χ3v) is 5.57. The number of imidazole rings is 1. The van der Waals surface area contributed by atoms with Crippen LogP contribution in [0.2, 0.25) is 10.0 Å². The molecule has 0 aliphatic heterocycles. The quantitative estimate of drug-likeness (QED) is 0.273. The monoisotopic (exact) mass is 490 g/mol. The van der Waals surface area contributed by atoms with Gasteiger partial charge in [0.25, 0.3) is 0 Å². The molecule has 1 aromatic heterocycles. The summed E-state index contributed by atoms with van der Waals surface area (Å²) in [5.74, 6) is -0.577. The van der Waals surface area contributed by atoms with Crippen molar-refractivity contribution in [3.8, 4) is 0 Å². The lowest BCUT2D eigenvalue weighted by molar-refractivity contribution is -0.0970. The van der Waals surface area contributed by atoms with Crippen LogP contribution in [0.4, 0.5) is 10.6 Å². The van der Waals surface area contributed by atoms with Crippen LogP contribution in [-0.2, 0) is 14.2 Å². The largest absolute Gasteiger partial charge is 0.464 e. The molecule has 2 amide bonds. The first kappa shape index (κ1) is 25.2. The molecule has 1 heterocycles. The van der Waals surface area contributed by atoms with Crippen LogP contribution < -0.4 is 10.6 Å². The number of carbonyl (C=O) groups excluding carboxylic acids is 2. The molecule has 0 saturated carbocycles. The van der Waals surface area contributed by atoms with Crippen molar-refractivity contribution in [2.24, 2.45) is 0 Å². The van der Waals surface area contributed by atoms with Gasteiger partial charge in [-0.05, 0) is 36.3 Å². The maximum absolute atomic E-state index is 12.6. The Balaban J connectivity index is 2.43. The van der Waals surface area contributed by atoms with Gasteiger partial charge in [0.1, 0.15) is 5.82 Å². The number of methoxy groups -OCH3 is 3. The van der Waals surface area contributed by atoms with Gasteiger partial charge in [-0.15, -0.1) is 0 Å². The Morgan fingerprint density at radius 1 is 1.19 bits per heavy atom. The van der Waals surface area contributed by atoms with E-state index < -0.39 is 18.3 Å². The summed E-state index contributed by atoms with van der Waals surface area (Å²) in [6.07, 6.45) is -0.0450. The number of anilines is 1. The van der Waals surface area contributed by atoms with Gasteiger partial charge in [-0.25, -0.2) is 9.59 Å². The number of rotatable bonds is 9. The highest BCUT2D eigenvalue weighted by Crippen LogP contribution is 2.32. The maximum Gasteiger partial charge on any atom is 0.358 e. The van der Waals surface area contributed by atoms with Crippen LogP contribution >= 0.6 is 35.4 Å². The Morgan fingerprint density at radius 3 is 2.42 bits per heavy atom.